The number of aromatic nitrogens is 2. The highest BCUT2D eigenvalue weighted by Crippen LogP contribution is 2.36. The predicted molar refractivity (Wildman–Crippen MR) is 125 cm³/mol. The number of aryl methyl sites for hydroxylation is 1. The average Bonchev–Trinajstić information content (AvgIpc) is 3.39. The Morgan fingerprint density at radius 1 is 1.00 bits per heavy atom. The molecule has 1 saturated heterocycles. The number of nitrogens with zero attached hydrogens (tertiary/aromatic N) is 3. The maximum absolute atomic E-state index is 13.0. The van der Waals surface area contributed by atoms with Crippen molar-refractivity contribution in [3.8, 4) is 0 Å². The summed E-state index contributed by atoms with van der Waals surface area (Å²) in [6.07, 6.45) is 8.67. The van der Waals surface area contributed by atoms with Crippen molar-refractivity contribution in [1.29, 1.82) is 0 Å². The van der Waals surface area contributed by atoms with E-state index in [-0.39, 0.29) is 17.9 Å². The van der Waals surface area contributed by atoms with E-state index in [1.807, 2.05) is 11.0 Å². The summed E-state index contributed by atoms with van der Waals surface area (Å²) in [6, 6.07) is 18.9. The first-order chi connectivity index (χ1) is 15.2. The van der Waals surface area contributed by atoms with Crippen LogP contribution in [0.2, 0.25) is 0 Å². The first-order valence-corrected chi connectivity index (χ1v) is 12.0. The van der Waals surface area contributed by atoms with Crippen molar-refractivity contribution >= 4 is 16.9 Å². The Labute approximate surface area is 185 Å². The van der Waals surface area contributed by atoms with E-state index in [9.17, 15) is 4.79 Å². The van der Waals surface area contributed by atoms with Crippen LogP contribution >= 0.6 is 0 Å². The summed E-state index contributed by atoms with van der Waals surface area (Å²) in [6.45, 7) is 3.91. The van der Waals surface area contributed by atoms with Crippen molar-refractivity contribution < 1.29 is 4.79 Å². The molecule has 4 heteroatoms. The molecule has 4 nitrogen and oxygen atoms in total. The summed E-state index contributed by atoms with van der Waals surface area (Å²) in [7, 11) is 0. The summed E-state index contributed by atoms with van der Waals surface area (Å²) in [5.41, 5.74) is 3.47. The van der Waals surface area contributed by atoms with E-state index in [0.29, 0.717) is 6.42 Å². The summed E-state index contributed by atoms with van der Waals surface area (Å²) in [4.78, 5) is 20.1. The number of amides is 1. The number of carbonyl (C=O) groups excluding carboxylic acids is 1. The van der Waals surface area contributed by atoms with Crippen LogP contribution in [0.4, 0.5) is 0 Å². The van der Waals surface area contributed by atoms with E-state index in [4.69, 9.17) is 4.98 Å². The Balaban J connectivity index is 1.39. The van der Waals surface area contributed by atoms with E-state index >= 15 is 0 Å². The van der Waals surface area contributed by atoms with Crippen molar-refractivity contribution in [3.63, 3.8) is 0 Å². The van der Waals surface area contributed by atoms with Crippen LogP contribution in [0, 0.1) is 5.92 Å². The minimum Gasteiger partial charge on any atom is -0.335 e. The van der Waals surface area contributed by atoms with Crippen LogP contribution in [0.25, 0.3) is 11.0 Å². The van der Waals surface area contributed by atoms with Crippen LogP contribution in [0.15, 0.2) is 54.6 Å². The zero-order valence-electron chi connectivity index (χ0n) is 18.5. The fourth-order valence-electron chi connectivity index (χ4n) is 5.62. The van der Waals surface area contributed by atoms with Crippen molar-refractivity contribution in [1.82, 2.24) is 14.5 Å². The van der Waals surface area contributed by atoms with Crippen molar-refractivity contribution in [2.75, 3.05) is 6.54 Å². The lowest BCUT2D eigenvalue weighted by Gasteiger charge is -2.25. The topological polar surface area (TPSA) is 38.1 Å². The molecular weight excluding hydrogens is 382 g/mol. The molecule has 0 spiro atoms. The van der Waals surface area contributed by atoms with Gasteiger partial charge in [-0.05, 0) is 37.0 Å². The second-order valence-corrected chi connectivity index (χ2v) is 9.44. The summed E-state index contributed by atoms with van der Waals surface area (Å²) in [5, 5.41) is 0. The highest BCUT2D eigenvalue weighted by atomic mass is 16.2. The first-order valence-electron chi connectivity index (χ1n) is 12.0. The Kier molecular flexibility index (Phi) is 5.80. The molecule has 0 bridgehead atoms. The molecule has 1 aromatic heterocycles. The van der Waals surface area contributed by atoms with Gasteiger partial charge in [-0.25, -0.2) is 4.98 Å². The van der Waals surface area contributed by atoms with E-state index in [0.717, 1.165) is 30.3 Å². The van der Waals surface area contributed by atoms with Crippen LogP contribution in [0.1, 0.15) is 75.2 Å². The molecule has 0 N–H and O–H groups in total. The number of fused-ring (bicyclic) bond motifs is 1. The molecular formula is C27H33N3O. The maximum atomic E-state index is 13.0. The summed E-state index contributed by atoms with van der Waals surface area (Å²) >= 11 is 0. The number of hydrogen-bond donors (Lipinski definition) is 0. The van der Waals surface area contributed by atoms with Gasteiger partial charge in [0.15, 0.2) is 0 Å². The van der Waals surface area contributed by atoms with Gasteiger partial charge in [-0.3, -0.25) is 4.79 Å². The standard InChI is InChI=1S/C27H33N3O/c1-20(22-12-6-3-7-13-22)30-19-23(18-26(30)31)27-28-24-14-8-9-15-25(24)29(27)17-16-21-10-4-2-5-11-21/h3,6-9,12-15,20-21,23H,2,4-5,10-11,16-19H2,1H3. The van der Waals surface area contributed by atoms with E-state index < -0.39 is 0 Å². The molecule has 0 radical (unpaired) electrons. The number of para-hydroxylation sites is 2. The largest absolute Gasteiger partial charge is 0.335 e. The van der Waals surface area contributed by atoms with Gasteiger partial charge in [0.1, 0.15) is 5.82 Å². The molecule has 1 amide bonds. The fraction of sp³-hybridized carbons (Fsp3) is 0.481. The quantitative estimate of drug-likeness (QED) is 0.489. The van der Waals surface area contributed by atoms with Crippen LogP contribution in [-0.4, -0.2) is 26.9 Å². The normalized spacial score (nSPS) is 21.1. The summed E-state index contributed by atoms with van der Waals surface area (Å²) in [5.74, 6) is 2.35. The molecule has 2 aromatic carbocycles. The number of imidazole rings is 1. The summed E-state index contributed by atoms with van der Waals surface area (Å²) < 4.78 is 2.43. The van der Waals surface area contributed by atoms with E-state index in [1.54, 1.807) is 0 Å². The predicted octanol–water partition coefficient (Wildman–Crippen LogP) is 6.08. The minimum absolute atomic E-state index is 0.0961. The van der Waals surface area contributed by atoms with Crippen LogP contribution in [0.5, 0.6) is 0 Å². The third-order valence-corrected chi connectivity index (χ3v) is 7.44. The first kappa shape index (κ1) is 20.3. The fourth-order valence-corrected chi connectivity index (χ4v) is 5.62. The van der Waals surface area contributed by atoms with Gasteiger partial charge >= 0.3 is 0 Å². The second-order valence-electron chi connectivity index (χ2n) is 9.44. The molecule has 1 saturated carbocycles. The Bertz CT molecular complexity index is 1040. The Morgan fingerprint density at radius 3 is 2.55 bits per heavy atom. The molecule has 5 rings (SSSR count). The number of benzene rings is 2. The van der Waals surface area contributed by atoms with Crippen molar-refractivity contribution in [3.05, 3.63) is 66.0 Å². The Morgan fingerprint density at radius 2 is 1.74 bits per heavy atom. The zero-order chi connectivity index (χ0) is 21.2. The van der Waals surface area contributed by atoms with E-state index in [2.05, 4.69) is 60.0 Å². The van der Waals surface area contributed by atoms with Crippen molar-refractivity contribution in [2.24, 2.45) is 5.92 Å². The van der Waals surface area contributed by atoms with E-state index in [1.165, 1.54) is 49.6 Å². The SMILES string of the molecule is CC(c1ccccc1)N1CC(c2nc3ccccc3n2CCC2CCCCC2)CC1=O. The highest BCUT2D eigenvalue weighted by molar-refractivity contribution is 5.81. The lowest BCUT2D eigenvalue weighted by molar-refractivity contribution is -0.129. The molecule has 3 aromatic rings. The maximum Gasteiger partial charge on any atom is 0.223 e. The monoisotopic (exact) mass is 415 g/mol. The molecule has 2 atom stereocenters. The van der Waals surface area contributed by atoms with Crippen LogP contribution in [0.3, 0.4) is 0 Å². The van der Waals surface area contributed by atoms with Gasteiger partial charge in [-0.1, -0.05) is 74.6 Å². The molecule has 1 aliphatic carbocycles. The average molecular weight is 416 g/mol. The number of likely N-dealkylation sites (tertiary alicyclic amines) is 1. The molecule has 2 aliphatic rings. The molecule has 162 valence electrons. The van der Waals surface area contributed by atoms with Gasteiger partial charge in [-0.15, -0.1) is 0 Å². The smallest absolute Gasteiger partial charge is 0.223 e. The van der Waals surface area contributed by atoms with Gasteiger partial charge < -0.3 is 9.47 Å². The minimum atomic E-state index is 0.0961. The number of rotatable bonds is 6. The molecule has 2 unspecified atom stereocenters. The third-order valence-electron chi connectivity index (χ3n) is 7.44. The van der Waals surface area contributed by atoms with Gasteiger partial charge in [0.2, 0.25) is 5.91 Å². The second kappa shape index (κ2) is 8.86. The molecule has 2 fully saturated rings. The number of hydrogen-bond acceptors (Lipinski definition) is 2. The highest BCUT2D eigenvalue weighted by Gasteiger charge is 2.36. The van der Waals surface area contributed by atoms with Gasteiger partial charge in [-0.2, -0.15) is 0 Å². The van der Waals surface area contributed by atoms with Gasteiger partial charge in [0, 0.05) is 25.4 Å². The molecule has 31 heavy (non-hydrogen) atoms. The lowest BCUT2D eigenvalue weighted by atomic mass is 9.87. The number of carbonyl (C=O) groups is 1. The zero-order valence-corrected chi connectivity index (χ0v) is 18.5. The molecule has 1 aliphatic heterocycles. The van der Waals surface area contributed by atoms with Gasteiger partial charge in [0.05, 0.1) is 17.1 Å². The van der Waals surface area contributed by atoms with Gasteiger partial charge in [0.25, 0.3) is 0 Å². The van der Waals surface area contributed by atoms with Crippen LogP contribution < -0.4 is 0 Å². The van der Waals surface area contributed by atoms with Crippen molar-refractivity contribution in [2.45, 2.75) is 70.4 Å². The lowest BCUT2D eigenvalue weighted by Crippen LogP contribution is -2.28. The van der Waals surface area contributed by atoms with Crippen LogP contribution in [-0.2, 0) is 11.3 Å². The molecule has 2 heterocycles. The third kappa shape index (κ3) is 4.13. The Hall–Kier alpha value is -2.62.